The van der Waals surface area contributed by atoms with E-state index in [0.717, 1.165) is 0 Å². The Bertz CT molecular complexity index is 546. The Morgan fingerprint density at radius 2 is 1.25 bits per heavy atom. The molecule has 2 atom stereocenters. The van der Waals surface area contributed by atoms with Gasteiger partial charge in [0, 0.05) is 15.2 Å². The summed E-state index contributed by atoms with van der Waals surface area (Å²) in [5.74, 6) is 0. The minimum Gasteiger partial charge on any atom is -0.768 e. The van der Waals surface area contributed by atoms with Crippen LogP contribution in [-0.4, -0.2) is 17.5 Å². The van der Waals surface area contributed by atoms with E-state index in [1.165, 1.54) is 12.1 Å². The van der Waals surface area contributed by atoms with E-state index in [4.69, 9.17) is 0 Å². The highest BCUT2D eigenvalue weighted by Crippen LogP contribution is 2.26. The lowest BCUT2D eigenvalue weighted by atomic mass is 10.1. The molecular formula is C10H6O4S2-2. The summed E-state index contributed by atoms with van der Waals surface area (Å²) in [6, 6.07) is 9.24. The molecule has 0 saturated carbocycles. The highest BCUT2D eigenvalue weighted by Gasteiger charge is 2.06. The minimum atomic E-state index is -2.45. The Morgan fingerprint density at radius 3 is 1.62 bits per heavy atom. The zero-order chi connectivity index (χ0) is 11.7. The average molecular weight is 254 g/mol. The van der Waals surface area contributed by atoms with Crippen LogP contribution in [0.4, 0.5) is 0 Å². The third-order valence-corrected chi connectivity index (χ3v) is 3.59. The van der Waals surface area contributed by atoms with Crippen LogP contribution in [0.15, 0.2) is 46.2 Å². The molecule has 2 aromatic rings. The van der Waals surface area contributed by atoms with Crippen molar-refractivity contribution in [3.05, 3.63) is 36.4 Å². The molecule has 0 bridgehead atoms. The molecule has 0 saturated heterocycles. The third kappa shape index (κ3) is 1.92. The molecule has 0 aliphatic rings. The highest BCUT2D eigenvalue weighted by molar-refractivity contribution is 7.80. The molecule has 84 valence electrons. The van der Waals surface area contributed by atoms with Gasteiger partial charge in [0.1, 0.15) is 0 Å². The van der Waals surface area contributed by atoms with Crippen LogP contribution >= 0.6 is 0 Å². The van der Waals surface area contributed by atoms with Gasteiger partial charge in [-0.2, -0.15) is 0 Å². The van der Waals surface area contributed by atoms with E-state index in [-0.39, 0.29) is 15.2 Å². The molecule has 0 amide bonds. The van der Waals surface area contributed by atoms with Crippen LogP contribution < -0.4 is 0 Å². The van der Waals surface area contributed by atoms with Gasteiger partial charge < -0.3 is 9.11 Å². The number of benzene rings is 2. The molecule has 6 heteroatoms. The van der Waals surface area contributed by atoms with Crippen molar-refractivity contribution in [3.8, 4) is 0 Å². The summed E-state index contributed by atoms with van der Waals surface area (Å²) in [5, 5.41) is 0.829. The van der Waals surface area contributed by atoms with Crippen LogP contribution in [0.5, 0.6) is 0 Å². The molecule has 2 rings (SSSR count). The van der Waals surface area contributed by atoms with Crippen LogP contribution in [0.2, 0.25) is 0 Å². The molecule has 0 fully saturated rings. The number of rotatable bonds is 2. The summed E-state index contributed by atoms with van der Waals surface area (Å²) in [4.78, 5) is -0.00500. The summed E-state index contributed by atoms with van der Waals surface area (Å²) < 4.78 is 44.0. The summed E-state index contributed by atoms with van der Waals surface area (Å²) in [5.41, 5.74) is 0. The van der Waals surface area contributed by atoms with E-state index in [0.29, 0.717) is 5.39 Å². The fourth-order valence-corrected chi connectivity index (χ4v) is 2.78. The van der Waals surface area contributed by atoms with E-state index in [1.54, 1.807) is 24.3 Å². The first-order valence-electron chi connectivity index (χ1n) is 4.31. The first kappa shape index (κ1) is 11.4. The Labute approximate surface area is 96.9 Å². The van der Waals surface area contributed by atoms with Crippen LogP contribution in [0.25, 0.3) is 10.8 Å². The van der Waals surface area contributed by atoms with Gasteiger partial charge in [-0.25, -0.2) is 0 Å². The Hall–Kier alpha value is -1.08. The first-order chi connectivity index (χ1) is 7.61. The van der Waals surface area contributed by atoms with Gasteiger partial charge in [0.25, 0.3) is 0 Å². The van der Waals surface area contributed by atoms with Crippen molar-refractivity contribution in [1.29, 1.82) is 0 Å². The molecule has 4 nitrogen and oxygen atoms in total. The van der Waals surface area contributed by atoms with Crippen molar-refractivity contribution in [2.75, 3.05) is 0 Å². The maximum atomic E-state index is 11.0. The lowest BCUT2D eigenvalue weighted by molar-refractivity contribution is 0.537. The molecule has 2 aromatic carbocycles. The van der Waals surface area contributed by atoms with Crippen LogP contribution in [0.1, 0.15) is 0 Å². The van der Waals surface area contributed by atoms with Gasteiger partial charge in [0.15, 0.2) is 0 Å². The normalized spacial score (nSPS) is 14.9. The lowest BCUT2D eigenvalue weighted by Gasteiger charge is -2.14. The third-order valence-electron chi connectivity index (χ3n) is 2.19. The average Bonchev–Trinajstić information content (AvgIpc) is 2.27. The maximum Gasteiger partial charge on any atom is 0.0338 e. The van der Waals surface area contributed by atoms with Crippen molar-refractivity contribution < 1.29 is 17.5 Å². The van der Waals surface area contributed by atoms with Crippen molar-refractivity contribution in [2.45, 2.75) is 9.79 Å². The molecule has 16 heavy (non-hydrogen) atoms. The van der Waals surface area contributed by atoms with Crippen LogP contribution in [-0.2, 0) is 22.2 Å². The monoisotopic (exact) mass is 254 g/mol. The molecule has 0 N–H and O–H groups in total. The second-order valence-corrected chi connectivity index (χ2v) is 4.90. The summed E-state index contributed by atoms with van der Waals surface area (Å²) >= 11 is -4.91. The van der Waals surface area contributed by atoms with Crippen molar-refractivity contribution in [2.24, 2.45) is 0 Å². The number of hydrogen-bond acceptors (Lipinski definition) is 4. The topological polar surface area (TPSA) is 80.3 Å². The second-order valence-electron chi connectivity index (χ2n) is 3.08. The number of hydrogen-bond donors (Lipinski definition) is 0. The standard InChI is InChI=1S/C10H8O4S2/c11-15(12)8-5-1-3-7-4-2-6-9(10(7)8)16(13)14/h1-6H,(H,11,12)(H,13,14)/p-2. The van der Waals surface area contributed by atoms with E-state index in [1.807, 2.05) is 0 Å². The molecular weight excluding hydrogens is 248 g/mol. The van der Waals surface area contributed by atoms with Crippen molar-refractivity contribution in [1.82, 2.24) is 0 Å². The van der Waals surface area contributed by atoms with E-state index < -0.39 is 22.2 Å². The van der Waals surface area contributed by atoms with Gasteiger partial charge in [-0.15, -0.1) is 0 Å². The van der Waals surface area contributed by atoms with E-state index in [9.17, 15) is 17.5 Å². The molecule has 0 radical (unpaired) electrons. The Morgan fingerprint density at radius 1 is 0.812 bits per heavy atom. The molecule has 2 unspecified atom stereocenters. The fourth-order valence-electron chi connectivity index (χ4n) is 1.55. The van der Waals surface area contributed by atoms with Gasteiger partial charge in [-0.05, 0) is 39.7 Å². The zero-order valence-corrected chi connectivity index (χ0v) is 9.55. The Balaban J connectivity index is 2.92. The Kier molecular flexibility index (Phi) is 3.15. The highest BCUT2D eigenvalue weighted by atomic mass is 32.2. The predicted molar refractivity (Wildman–Crippen MR) is 58.3 cm³/mol. The predicted octanol–water partition coefficient (Wildman–Crippen LogP) is 1.32. The van der Waals surface area contributed by atoms with Crippen molar-refractivity contribution in [3.63, 3.8) is 0 Å². The summed E-state index contributed by atoms with van der Waals surface area (Å²) in [6.45, 7) is 0. The van der Waals surface area contributed by atoms with Gasteiger partial charge in [0.2, 0.25) is 0 Å². The largest absolute Gasteiger partial charge is 0.768 e. The minimum absolute atomic E-state index is 0.00250. The van der Waals surface area contributed by atoms with Crippen molar-refractivity contribution >= 4 is 32.9 Å². The second kappa shape index (κ2) is 4.42. The quantitative estimate of drug-likeness (QED) is 0.757. The summed E-state index contributed by atoms with van der Waals surface area (Å²) in [6.07, 6.45) is 0. The molecule has 0 spiro atoms. The van der Waals surface area contributed by atoms with Crippen LogP contribution in [0, 0.1) is 0 Å². The van der Waals surface area contributed by atoms with Gasteiger partial charge in [-0.1, -0.05) is 24.3 Å². The number of fused-ring (bicyclic) bond motifs is 1. The first-order valence-corrected chi connectivity index (χ1v) is 6.46. The van der Waals surface area contributed by atoms with E-state index >= 15 is 0 Å². The zero-order valence-electron chi connectivity index (χ0n) is 7.91. The maximum absolute atomic E-state index is 11.0. The smallest absolute Gasteiger partial charge is 0.0338 e. The van der Waals surface area contributed by atoms with E-state index in [2.05, 4.69) is 0 Å². The van der Waals surface area contributed by atoms with Gasteiger partial charge >= 0.3 is 0 Å². The molecule has 0 aliphatic heterocycles. The molecule has 0 aromatic heterocycles. The van der Waals surface area contributed by atoms with Crippen LogP contribution in [0.3, 0.4) is 0 Å². The van der Waals surface area contributed by atoms with Gasteiger partial charge in [0.05, 0.1) is 0 Å². The SMILES string of the molecule is O=S([O-])c1cccc2cccc(S(=O)[O-])c12. The molecule has 0 heterocycles. The molecule has 0 aliphatic carbocycles. The summed E-state index contributed by atoms with van der Waals surface area (Å²) in [7, 11) is 0. The van der Waals surface area contributed by atoms with Gasteiger partial charge in [-0.3, -0.25) is 8.42 Å². The fraction of sp³-hybridized carbons (Fsp3) is 0. The lowest BCUT2D eigenvalue weighted by Crippen LogP contribution is -1.96.